The molecule has 0 radical (unpaired) electrons. The van der Waals surface area contributed by atoms with Crippen molar-refractivity contribution in [3.8, 4) is 5.75 Å². The van der Waals surface area contributed by atoms with Crippen LogP contribution < -0.4 is 15.6 Å². The number of aromatic nitrogens is 2. The molecule has 1 aliphatic rings. The number of carbonyl (C=O) groups is 2. The van der Waals surface area contributed by atoms with E-state index in [1.807, 2.05) is 13.8 Å². The minimum Gasteiger partial charge on any atom is -0.482 e. The van der Waals surface area contributed by atoms with E-state index in [0.29, 0.717) is 34.1 Å². The highest BCUT2D eigenvalue weighted by Crippen LogP contribution is 2.31. The van der Waals surface area contributed by atoms with Gasteiger partial charge in [0.15, 0.2) is 17.5 Å². The number of carbonyl (C=O) groups excluding carboxylic acids is 2. The smallest absolute Gasteiger partial charge is 0.263 e. The molecule has 1 aliphatic heterocycles. The summed E-state index contributed by atoms with van der Waals surface area (Å²) in [5, 5.41) is 3.96. The number of unbranched alkanes of at least 4 members (excludes halogenated alkanes) is 1. The van der Waals surface area contributed by atoms with Gasteiger partial charge < -0.3 is 10.1 Å². The molecule has 0 bridgehead atoms. The summed E-state index contributed by atoms with van der Waals surface area (Å²) >= 11 is 2.78. The van der Waals surface area contributed by atoms with Crippen molar-refractivity contribution in [2.75, 3.05) is 17.7 Å². The number of nitrogens with one attached hydrogen (secondary N) is 1. The van der Waals surface area contributed by atoms with Gasteiger partial charge in [-0.05, 0) is 44.0 Å². The van der Waals surface area contributed by atoms with Crippen LogP contribution in [-0.4, -0.2) is 33.6 Å². The Balaban J connectivity index is 1.61. The molecule has 4 rings (SSSR count). The molecule has 1 amide bonds. The zero-order valence-electron chi connectivity index (χ0n) is 17.6. The molecule has 0 unspecified atom stereocenters. The van der Waals surface area contributed by atoms with Gasteiger partial charge in [-0.15, -0.1) is 11.3 Å². The van der Waals surface area contributed by atoms with Crippen LogP contribution in [0.5, 0.6) is 5.75 Å². The summed E-state index contributed by atoms with van der Waals surface area (Å²) in [6, 6.07) is 5.00. The zero-order valence-corrected chi connectivity index (χ0v) is 19.2. The average molecular weight is 458 g/mol. The quantitative estimate of drug-likeness (QED) is 0.325. The van der Waals surface area contributed by atoms with Crippen LogP contribution >= 0.6 is 23.1 Å². The number of aryl methyl sites for hydroxylation is 2. The lowest BCUT2D eigenvalue weighted by Crippen LogP contribution is -2.25. The molecule has 0 saturated heterocycles. The summed E-state index contributed by atoms with van der Waals surface area (Å²) in [5.41, 5.74) is 1.91. The van der Waals surface area contributed by atoms with Gasteiger partial charge in [-0.25, -0.2) is 4.98 Å². The van der Waals surface area contributed by atoms with E-state index in [9.17, 15) is 14.4 Å². The van der Waals surface area contributed by atoms with Crippen molar-refractivity contribution in [1.29, 1.82) is 0 Å². The maximum Gasteiger partial charge on any atom is 0.263 e. The number of ether oxygens (including phenoxy) is 1. The van der Waals surface area contributed by atoms with E-state index in [1.165, 1.54) is 23.1 Å². The van der Waals surface area contributed by atoms with Gasteiger partial charge in [-0.2, -0.15) is 0 Å². The molecule has 0 saturated carbocycles. The lowest BCUT2D eigenvalue weighted by molar-refractivity contribution is -0.118. The van der Waals surface area contributed by atoms with Gasteiger partial charge in [-0.1, -0.05) is 25.1 Å². The van der Waals surface area contributed by atoms with E-state index < -0.39 is 0 Å². The van der Waals surface area contributed by atoms with E-state index in [2.05, 4.69) is 12.2 Å². The Bertz CT molecular complexity index is 1250. The van der Waals surface area contributed by atoms with Crippen LogP contribution in [-0.2, 0) is 11.3 Å². The van der Waals surface area contributed by atoms with E-state index in [0.717, 1.165) is 28.1 Å². The Morgan fingerprint density at radius 2 is 2.13 bits per heavy atom. The second-order valence-corrected chi connectivity index (χ2v) is 9.57. The number of thioether (sulfide) groups is 1. The minimum atomic E-state index is -0.245. The third kappa shape index (κ3) is 4.24. The summed E-state index contributed by atoms with van der Waals surface area (Å²) in [7, 11) is 0. The lowest BCUT2D eigenvalue weighted by Gasteiger charge is -2.18. The highest BCUT2D eigenvalue weighted by molar-refractivity contribution is 7.99. The highest BCUT2D eigenvalue weighted by Gasteiger charge is 2.20. The maximum atomic E-state index is 13.2. The van der Waals surface area contributed by atoms with E-state index in [1.54, 1.807) is 22.8 Å². The van der Waals surface area contributed by atoms with Gasteiger partial charge >= 0.3 is 0 Å². The van der Waals surface area contributed by atoms with E-state index in [-0.39, 0.29) is 29.6 Å². The van der Waals surface area contributed by atoms with E-state index in [4.69, 9.17) is 9.72 Å². The zero-order chi connectivity index (χ0) is 22.1. The number of nitrogens with zero attached hydrogens (tertiary/aromatic N) is 2. The van der Waals surface area contributed by atoms with Crippen LogP contribution in [0.25, 0.3) is 10.2 Å². The lowest BCUT2D eigenvalue weighted by atomic mass is 10.1. The number of hydrogen-bond donors (Lipinski definition) is 1. The van der Waals surface area contributed by atoms with Crippen LogP contribution in [0.15, 0.2) is 28.2 Å². The molecule has 3 aromatic rings. The minimum absolute atomic E-state index is 0.0265. The molecule has 0 atom stereocenters. The SMILES string of the molecule is CCCCn1c(SCC(=O)c2ccc3c(c2)NC(=O)CO3)nc2sc(C)c(C)c2c1=O. The normalized spacial score (nSPS) is 13.1. The number of fused-ring (bicyclic) bond motifs is 2. The summed E-state index contributed by atoms with van der Waals surface area (Å²) in [5.74, 6) is 0.335. The average Bonchev–Trinajstić information content (AvgIpc) is 3.04. The number of anilines is 1. The Morgan fingerprint density at radius 1 is 1.32 bits per heavy atom. The number of thiophene rings is 1. The topological polar surface area (TPSA) is 90.3 Å². The Morgan fingerprint density at radius 3 is 2.90 bits per heavy atom. The van der Waals surface area contributed by atoms with Gasteiger partial charge in [-0.3, -0.25) is 19.0 Å². The fourth-order valence-corrected chi connectivity index (χ4v) is 5.39. The summed E-state index contributed by atoms with van der Waals surface area (Å²) in [6.07, 6.45) is 1.82. The monoisotopic (exact) mass is 457 g/mol. The largest absolute Gasteiger partial charge is 0.482 e. The number of rotatable bonds is 7. The molecule has 1 aromatic carbocycles. The first-order valence-electron chi connectivity index (χ1n) is 10.1. The molecular formula is C22H23N3O4S2. The predicted octanol–water partition coefficient (Wildman–Crippen LogP) is 4.18. The fraction of sp³-hybridized carbons (Fsp3) is 0.364. The van der Waals surface area contributed by atoms with Crippen LogP contribution in [0.1, 0.15) is 40.6 Å². The van der Waals surface area contributed by atoms with Crippen molar-refractivity contribution < 1.29 is 14.3 Å². The van der Waals surface area contributed by atoms with Gasteiger partial charge in [0.05, 0.1) is 16.8 Å². The highest BCUT2D eigenvalue weighted by atomic mass is 32.2. The van der Waals surface area contributed by atoms with Gasteiger partial charge in [0, 0.05) is 17.0 Å². The van der Waals surface area contributed by atoms with Gasteiger partial charge in [0.2, 0.25) is 0 Å². The molecule has 0 spiro atoms. The molecule has 0 aliphatic carbocycles. The van der Waals surface area contributed by atoms with Crippen molar-refractivity contribution in [2.45, 2.75) is 45.3 Å². The van der Waals surface area contributed by atoms with E-state index >= 15 is 0 Å². The van der Waals surface area contributed by atoms with Gasteiger partial charge in [0.1, 0.15) is 10.6 Å². The van der Waals surface area contributed by atoms with Crippen molar-refractivity contribution in [1.82, 2.24) is 9.55 Å². The van der Waals surface area contributed by atoms with Crippen molar-refractivity contribution in [3.63, 3.8) is 0 Å². The number of benzene rings is 1. The Labute approximate surface area is 187 Å². The summed E-state index contributed by atoms with van der Waals surface area (Å²) < 4.78 is 7.04. The predicted molar refractivity (Wildman–Crippen MR) is 124 cm³/mol. The molecule has 31 heavy (non-hydrogen) atoms. The van der Waals surface area contributed by atoms with Crippen LogP contribution in [0.2, 0.25) is 0 Å². The van der Waals surface area contributed by atoms with Crippen LogP contribution in [0.4, 0.5) is 5.69 Å². The first-order chi connectivity index (χ1) is 14.9. The summed E-state index contributed by atoms with van der Waals surface area (Å²) in [6.45, 7) is 6.57. The number of amides is 1. The second kappa shape index (κ2) is 8.84. The fourth-order valence-electron chi connectivity index (χ4n) is 3.40. The number of ketones is 1. The Hall–Kier alpha value is -2.65. The molecule has 3 heterocycles. The number of hydrogen-bond acceptors (Lipinski definition) is 7. The molecule has 0 fully saturated rings. The molecular weight excluding hydrogens is 434 g/mol. The molecule has 2 aromatic heterocycles. The number of Topliss-reactive ketones (excluding diaryl/α,β-unsaturated/α-hetero) is 1. The van der Waals surface area contributed by atoms with Crippen molar-refractivity contribution >= 4 is 50.7 Å². The molecule has 9 heteroatoms. The Kier molecular flexibility index (Phi) is 6.15. The third-order valence-corrected chi connectivity index (χ3v) is 7.33. The molecule has 162 valence electrons. The van der Waals surface area contributed by atoms with Crippen molar-refractivity contribution in [3.05, 3.63) is 44.6 Å². The maximum absolute atomic E-state index is 13.2. The van der Waals surface area contributed by atoms with Crippen molar-refractivity contribution in [2.24, 2.45) is 0 Å². The summed E-state index contributed by atoms with van der Waals surface area (Å²) in [4.78, 5) is 44.1. The second-order valence-electron chi connectivity index (χ2n) is 7.43. The molecule has 1 N–H and O–H groups in total. The molecule has 7 nitrogen and oxygen atoms in total. The van der Waals surface area contributed by atoms with Gasteiger partial charge in [0.25, 0.3) is 11.5 Å². The first-order valence-corrected chi connectivity index (χ1v) is 11.9. The first kappa shape index (κ1) is 21.6. The standard InChI is InChI=1S/C22H23N3O4S2/c1-4-5-8-25-21(28)19-12(2)13(3)31-20(19)24-22(25)30-11-16(26)14-6-7-17-15(9-14)23-18(27)10-29-17/h6-7,9H,4-5,8,10-11H2,1-3H3,(H,23,27). The third-order valence-electron chi connectivity index (χ3n) is 5.26. The van der Waals surface area contributed by atoms with Crippen LogP contribution in [0, 0.1) is 13.8 Å². The van der Waals surface area contributed by atoms with Crippen LogP contribution in [0.3, 0.4) is 0 Å².